The van der Waals surface area contributed by atoms with E-state index in [1.165, 1.54) is 9.05 Å². The Hall–Kier alpha value is -4.69. The second-order valence-electron chi connectivity index (χ2n) is 17.5. The fourth-order valence-corrected chi connectivity index (χ4v) is 8.13. The second-order valence-corrected chi connectivity index (χ2v) is 22.7. The monoisotopic (exact) mass is 1660 g/mol. The number of hydrogen-bond acceptors (Lipinski definition) is 15. The van der Waals surface area contributed by atoms with Crippen molar-refractivity contribution in [1.82, 2.24) is 25.5 Å². The van der Waals surface area contributed by atoms with Gasteiger partial charge < -0.3 is 46.9 Å². The minimum Gasteiger partial charge on any atom is -0.399 e. The van der Waals surface area contributed by atoms with Crippen LogP contribution in [0.1, 0.15) is 58.6 Å². The van der Waals surface area contributed by atoms with Gasteiger partial charge in [-0.1, -0.05) is 64.9 Å². The molecule has 25 heteroatoms. The van der Waals surface area contributed by atoms with Crippen LogP contribution in [0.2, 0.25) is 0 Å². The molecule has 3 aliphatic rings. The highest BCUT2D eigenvalue weighted by Crippen LogP contribution is 2.14. The van der Waals surface area contributed by atoms with Crippen LogP contribution in [0.4, 0.5) is 22.7 Å². The van der Waals surface area contributed by atoms with E-state index in [1.807, 2.05) is 84.9 Å². The third-order valence-corrected chi connectivity index (χ3v) is 15.0. The molecule has 0 aromatic heterocycles. The van der Waals surface area contributed by atoms with E-state index in [2.05, 4.69) is 147 Å². The maximum absolute atomic E-state index is 12.2. The Morgan fingerprint density at radius 1 is 0.523 bits per heavy atom. The smallest absolute Gasteiger partial charge is 0.267 e. The predicted octanol–water partition coefficient (Wildman–Crippen LogP) is 9.40. The average Bonchev–Trinajstić information content (AvgIpc) is 3.57. The van der Waals surface area contributed by atoms with Crippen LogP contribution in [-0.4, -0.2) is 171 Å². The first kappa shape index (κ1) is 83.4. The van der Waals surface area contributed by atoms with Crippen molar-refractivity contribution in [3.05, 3.63) is 149 Å². The van der Waals surface area contributed by atoms with Crippen LogP contribution in [0.15, 0.2) is 121 Å². The molecule has 3 fully saturated rings. The van der Waals surface area contributed by atoms with Crippen LogP contribution in [0, 0.1) is 22.6 Å². The summed E-state index contributed by atoms with van der Waals surface area (Å²) in [5.41, 5.74) is 17.3. The number of hydrogen-bond donors (Lipinski definition) is 8. The summed E-state index contributed by atoms with van der Waals surface area (Å²) in [5, 5.41) is 20.2. The van der Waals surface area contributed by atoms with Crippen LogP contribution in [-0.2, 0) is 38.2 Å². The Morgan fingerprint density at radius 3 is 1.09 bits per heavy atom. The highest BCUT2D eigenvalue weighted by Gasteiger charge is 2.20. The van der Waals surface area contributed by atoms with Gasteiger partial charge in [0.05, 0.1) is 64.6 Å². The van der Waals surface area contributed by atoms with Crippen molar-refractivity contribution in [2.45, 2.75) is 43.2 Å². The number of halogens is 5. The van der Waals surface area contributed by atoms with Gasteiger partial charge in [-0.3, -0.25) is 48.7 Å². The van der Waals surface area contributed by atoms with Crippen molar-refractivity contribution < 1.29 is 48.2 Å². The summed E-state index contributed by atoms with van der Waals surface area (Å²) in [7, 11) is 0. The van der Waals surface area contributed by atoms with E-state index in [4.69, 9.17) is 30.9 Å². The number of ether oxygens (including phenoxy) is 3. The molecule has 3 saturated heterocycles. The standard InChI is InChI=1S/C24H27N5O5.2C12H15IN2O2.C6H6IN.C2H2Br2O.5CH4/c25-15-21(24(32)28-33)27-23(31)19-7-3-17(4-8-19)1-2-18-5-9-20(10-6-18)26-22(30)16-29-11-13-34-14-12-29;2*13-10-1-3-11(4-2-10)14-12(16)9-15-5-7-17-8-6-15;7-5-1-3-6(8)4-2-5;3-1-2(4)5;;;;;/h3-10,21,33H,11-16,25H2,(H,26,30)(H,27,31)(H,28,32);2*1-4H,5-9H2,(H,14,16);1-4H,8H2;1H2;5*1H4/t21-;;;;;;;;;/m0........./s1. The number of carbonyl (C=O) groups is 6. The van der Waals surface area contributed by atoms with Crippen molar-refractivity contribution in [1.29, 1.82) is 0 Å². The lowest BCUT2D eigenvalue weighted by molar-refractivity contribution is -0.131. The molecule has 0 spiro atoms. The molecule has 86 heavy (non-hydrogen) atoms. The normalized spacial score (nSPS) is 13.6. The molecule has 3 aliphatic heterocycles. The zero-order chi connectivity index (χ0) is 58.8. The van der Waals surface area contributed by atoms with Gasteiger partial charge in [-0.25, -0.2) is 5.48 Å². The van der Waals surface area contributed by atoms with Crippen LogP contribution >= 0.6 is 99.6 Å². The zero-order valence-corrected chi connectivity index (χ0v) is 53.8. The lowest BCUT2D eigenvalue weighted by Gasteiger charge is -2.25. The number of nitrogens with zero attached hydrogens (tertiary/aromatic N) is 3. The van der Waals surface area contributed by atoms with Gasteiger partial charge >= 0.3 is 0 Å². The topological polar surface area (TPSA) is 272 Å². The van der Waals surface area contributed by atoms with Gasteiger partial charge in [0.2, 0.25) is 22.4 Å². The molecule has 10 N–H and O–H groups in total. The molecule has 0 unspecified atom stereocenters. The van der Waals surface area contributed by atoms with E-state index in [1.54, 1.807) is 36.4 Å². The SMILES string of the molecule is C.C.C.C.C.NC[C@H](NC(=O)c1ccc(C#Cc2ccc(NC(=O)CN3CCOCC3)cc2)cc1)C(=O)NO.Nc1ccc(I)cc1.O=C(Br)CBr.O=C(CN1CCOCC1)Nc1ccc(I)cc1.O=C(CN1CCOCC1)Nc1ccc(I)cc1. The summed E-state index contributed by atoms with van der Waals surface area (Å²) in [4.78, 5) is 75.3. The van der Waals surface area contributed by atoms with Gasteiger partial charge in [0.25, 0.3) is 11.8 Å². The molecule has 474 valence electrons. The number of amides is 5. The Labute approximate surface area is 566 Å². The van der Waals surface area contributed by atoms with Crippen LogP contribution in [0.3, 0.4) is 0 Å². The average molecular weight is 1660 g/mol. The van der Waals surface area contributed by atoms with E-state index in [9.17, 15) is 28.8 Å². The summed E-state index contributed by atoms with van der Waals surface area (Å²) in [6, 6.07) is 36.0. The molecule has 0 radical (unpaired) electrons. The van der Waals surface area contributed by atoms with Crippen molar-refractivity contribution in [2.75, 3.05) is 132 Å². The van der Waals surface area contributed by atoms with Crippen molar-refractivity contribution in [3.63, 3.8) is 0 Å². The number of nitrogens with two attached hydrogens (primary N) is 2. The Balaban J connectivity index is 0. The number of rotatable bonds is 14. The van der Waals surface area contributed by atoms with Crippen LogP contribution in [0.5, 0.6) is 0 Å². The summed E-state index contributed by atoms with van der Waals surface area (Å²) in [6.45, 7) is 10.1. The molecule has 8 rings (SSSR count). The third kappa shape index (κ3) is 36.0. The zero-order valence-electron chi connectivity index (χ0n) is 44.2. The summed E-state index contributed by atoms with van der Waals surface area (Å²) < 4.78 is 19.3. The highest BCUT2D eigenvalue weighted by molar-refractivity contribution is 14.1. The van der Waals surface area contributed by atoms with Crippen molar-refractivity contribution in [2.24, 2.45) is 5.73 Å². The number of alkyl halides is 1. The Bertz CT molecular complexity index is 2690. The van der Waals surface area contributed by atoms with E-state index >= 15 is 0 Å². The lowest BCUT2D eigenvalue weighted by atomic mass is 10.1. The Morgan fingerprint density at radius 2 is 0.814 bits per heavy atom. The maximum Gasteiger partial charge on any atom is 0.267 e. The molecule has 5 aromatic carbocycles. The van der Waals surface area contributed by atoms with Crippen LogP contribution in [0.25, 0.3) is 0 Å². The van der Waals surface area contributed by atoms with Gasteiger partial charge in [-0.2, -0.15) is 0 Å². The van der Waals surface area contributed by atoms with Gasteiger partial charge in [0, 0.05) is 96.0 Å². The number of benzene rings is 5. The second kappa shape index (κ2) is 48.3. The van der Waals surface area contributed by atoms with Gasteiger partial charge in [0.1, 0.15) is 6.04 Å². The number of nitrogens with one attached hydrogen (secondary N) is 5. The Kier molecular flexibility index (Phi) is 46.8. The minimum atomic E-state index is -1.04. The summed E-state index contributed by atoms with van der Waals surface area (Å²) in [5.74, 6) is 4.77. The van der Waals surface area contributed by atoms with Crippen LogP contribution < -0.4 is 38.2 Å². The van der Waals surface area contributed by atoms with Gasteiger partial charge in [-0.15, -0.1) is 0 Å². The van der Waals surface area contributed by atoms with Crippen molar-refractivity contribution >= 4 is 157 Å². The number of carbonyl (C=O) groups excluding carboxylic acids is 6. The first-order chi connectivity index (χ1) is 39.0. The first-order valence-corrected chi connectivity index (χ1v) is 30.4. The van der Waals surface area contributed by atoms with E-state index < -0.39 is 17.9 Å². The van der Waals surface area contributed by atoms with Gasteiger partial charge in [0.15, 0.2) is 0 Å². The summed E-state index contributed by atoms with van der Waals surface area (Å²) in [6.07, 6.45) is 0. The number of morpholine rings is 3. The highest BCUT2D eigenvalue weighted by atomic mass is 127. The van der Waals surface area contributed by atoms with Gasteiger partial charge in [-0.05, 0) is 205 Å². The number of anilines is 4. The molecule has 0 aliphatic carbocycles. The molecule has 0 saturated carbocycles. The molecule has 5 amide bonds. The van der Waals surface area contributed by atoms with E-state index in [-0.39, 0.29) is 66.1 Å². The first-order valence-electron chi connectivity index (χ1n) is 25.3. The fraction of sp³-hybridized carbons (Fsp3) is 0.377. The third-order valence-electron chi connectivity index (χ3n) is 11.3. The molecular formula is C61H85Br2I3N10O10. The quantitative estimate of drug-likeness (QED) is 0.00978. The van der Waals surface area contributed by atoms with Crippen molar-refractivity contribution in [3.8, 4) is 11.8 Å². The van der Waals surface area contributed by atoms with E-state index in [0.29, 0.717) is 55.0 Å². The molecule has 3 heterocycles. The largest absolute Gasteiger partial charge is 0.399 e. The van der Waals surface area contributed by atoms with E-state index in [0.717, 1.165) is 95.5 Å². The molecular weight excluding hydrogens is 1570 g/mol. The fourth-order valence-electron chi connectivity index (χ4n) is 7.06. The summed E-state index contributed by atoms with van der Waals surface area (Å²) >= 11 is 12.3. The molecule has 1 atom stereocenters. The minimum absolute atomic E-state index is 0. The molecule has 5 aromatic rings. The molecule has 0 bridgehead atoms. The predicted molar refractivity (Wildman–Crippen MR) is 380 cm³/mol. The maximum atomic E-state index is 12.2. The number of nitrogen functional groups attached to an aromatic ring is 1. The number of hydroxylamine groups is 1. The molecule has 20 nitrogen and oxygen atoms in total. The lowest BCUT2D eigenvalue weighted by Crippen LogP contribution is -2.50.